The fourth-order valence-corrected chi connectivity index (χ4v) is 2.79. The van der Waals surface area contributed by atoms with Crippen molar-refractivity contribution in [1.29, 1.82) is 0 Å². The molecule has 0 saturated carbocycles. The fourth-order valence-electron chi connectivity index (χ4n) is 2.61. The van der Waals surface area contributed by atoms with Crippen molar-refractivity contribution in [1.82, 2.24) is 5.32 Å². The Morgan fingerprint density at radius 2 is 1.95 bits per heavy atom. The second kappa shape index (κ2) is 5.17. The number of carbonyl (C=O) groups excluding carboxylic acids is 1. The summed E-state index contributed by atoms with van der Waals surface area (Å²) in [5, 5.41) is 3.72. The maximum absolute atomic E-state index is 12.2. The lowest BCUT2D eigenvalue weighted by atomic mass is 9.95. The molecule has 3 rings (SSSR count). The summed E-state index contributed by atoms with van der Waals surface area (Å²) in [6.07, 6.45) is 0. The summed E-state index contributed by atoms with van der Waals surface area (Å²) >= 11 is 6.13. The van der Waals surface area contributed by atoms with Gasteiger partial charge in [-0.3, -0.25) is 4.90 Å². The molecule has 0 aromatic heterocycles. The Labute approximate surface area is 123 Å². The van der Waals surface area contributed by atoms with E-state index in [0.29, 0.717) is 11.6 Å². The number of anilines is 1. The van der Waals surface area contributed by atoms with E-state index in [1.807, 2.05) is 55.5 Å². The number of rotatable bonds is 2. The van der Waals surface area contributed by atoms with E-state index in [2.05, 4.69) is 5.32 Å². The van der Waals surface area contributed by atoms with Crippen LogP contribution in [0, 0.1) is 0 Å². The van der Waals surface area contributed by atoms with Gasteiger partial charge < -0.3 is 5.32 Å². The zero-order valence-corrected chi connectivity index (χ0v) is 11.9. The smallest absolute Gasteiger partial charge is 0.322 e. The third kappa shape index (κ3) is 2.14. The highest BCUT2D eigenvalue weighted by molar-refractivity contribution is 6.30. The predicted molar refractivity (Wildman–Crippen MR) is 81.3 cm³/mol. The average Bonchev–Trinajstić information content (AvgIpc) is 2.48. The predicted octanol–water partition coefficient (Wildman–Crippen LogP) is 3.98. The number of fused-ring (bicyclic) bond motifs is 1. The van der Waals surface area contributed by atoms with Crippen LogP contribution in [0.3, 0.4) is 0 Å². The van der Waals surface area contributed by atoms with E-state index in [0.717, 1.165) is 16.8 Å². The number of urea groups is 1. The normalized spacial score (nSPS) is 17.6. The van der Waals surface area contributed by atoms with Crippen molar-refractivity contribution in [3.63, 3.8) is 0 Å². The first-order chi connectivity index (χ1) is 9.70. The largest absolute Gasteiger partial charge is 0.327 e. The summed E-state index contributed by atoms with van der Waals surface area (Å²) < 4.78 is 0. The van der Waals surface area contributed by atoms with Gasteiger partial charge in [-0.15, -0.1) is 0 Å². The van der Waals surface area contributed by atoms with Crippen LogP contribution >= 0.6 is 11.6 Å². The molecule has 3 nitrogen and oxygen atoms in total. The van der Waals surface area contributed by atoms with Crippen LogP contribution in [-0.4, -0.2) is 12.6 Å². The van der Waals surface area contributed by atoms with Gasteiger partial charge in [0.1, 0.15) is 0 Å². The molecule has 0 fully saturated rings. The molecular formula is C16H15ClN2O. The summed E-state index contributed by atoms with van der Waals surface area (Å²) in [6, 6.07) is 15.4. The molecule has 2 aromatic carbocycles. The molecule has 2 aromatic rings. The maximum atomic E-state index is 12.2. The molecule has 0 aliphatic carbocycles. The average molecular weight is 287 g/mol. The molecule has 2 amide bonds. The van der Waals surface area contributed by atoms with Gasteiger partial charge in [-0.1, -0.05) is 41.9 Å². The number of amides is 2. The first-order valence-electron chi connectivity index (χ1n) is 6.63. The topological polar surface area (TPSA) is 32.3 Å². The van der Waals surface area contributed by atoms with Gasteiger partial charge in [-0.25, -0.2) is 4.79 Å². The van der Waals surface area contributed by atoms with Crippen molar-refractivity contribution in [2.45, 2.75) is 13.0 Å². The molecule has 0 bridgehead atoms. The number of benzene rings is 2. The number of nitrogens with one attached hydrogen (secondary N) is 1. The second-order valence-corrected chi connectivity index (χ2v) is 5.18. The van der Waals surface area contributed by atoms with Gasteiger partial charge in [0.25, 0.3) is 0 Å². The van der Waals surface area contributed by atoms with Crippen molar-refractivity contribution in [3.05, 3.63) is 64.7 Å². The number of hydrogen-bond acceptors (Lipinski definition) is 1. The van der Waals surface area contributed by atoms with Gasteiger partial charge in [0.05, 0.1) is 11.7 Å². The standard InChI is InChI=1S/C16H15ClN2O/c1-2-19-14-9-8-12(17)10-13(14)15(18-16(19)20)11-6-4-3-5-7-11/h3-10,15H,2H2,1H3,(H,18,20). The van der Waals surface area contributed by atoms with Crippen molar-refractivity contribution >= 4 is 23.3 Å². The molecule has 0 radical (unpaired) electrons. The molecular weight excluding hydrogens is 272 g/mol. The Kier molecular flexibility index (Phi) is 3.36. The van der Waals surface area contributed by atoms with E-state index in [9.17, 15) is 4.79 Å². The molecule has 1 heterocycles. The van der Waals surface area contributed by atoms with Crippen LogP contribution in [0.2, 0.25) is 5.02 Å². The van der Waals surface area contributed by atoms with Crippen LogP contribution < -0.4 is 10.2 Å². The summed E-state index contributed by atoms with van der Waals surface area (Å²) in [4.78, 5) is 14.0. The third-order valence-electron chi connectivity index (χ3n) is 3.55. The number of nitrogens with zero attached hydrogens (tertiary/aromatic N) is 1. The lowest BCUT2D eigenvalue weighted by molar-refractivity contribution is 0.243. The minimum Gasteiger partial charge on any atom is -0.327 e. The summed E-state index contributed by atoms with van der Waals surface area (Å²) in [7, 11) is 0. The number of hydrogen-bond donors (Lipinski definition) is 1. The van der Waals surface area contributed by atoms with Crippen LogP contribution in [0.1, 0.15) is 24.1 Å². The van der Waals surface area contributed by atoms with Gasteiger partial charge in [0, 0.05) is 17.1 Å². The summed E-state index contributed by atoms with van der Waals surface area (Å²) in [5.41, 5.74) is 3.01. The molecule has 0 spiro atoms. The lowest BCUT2D eigenvalue weighted by Gasteiger charge is -2.34. The van der Waals surface area contributed by atoms with E-state index in [1.54, 1.807) is 4.90 Å². The molecule has 102 valence electrons. The summed E-state index contributed by atoms with van der Waals surface area (Å²) in [6.45, 7) is 2.59. The Bertz CT molecular complexity index is 642. The Balaban J connectivity index is 2.14. The van der Waals surface area contributed by atoms with Gasteiger partial charge in [0.2, 0.25) is 0 Å². The maximum Gasteiger partial charge on any atom is 0.322 e. The first-order valence-corrected chi connectivity index (χ1v) is 7.01. The van der Waals surface area contributed by atoms with Crippen molar-refractivity contribution in [2.75, 3.05) is 11.4 Å². The third-order valence-corrected chi connectivity index (χ3v) is 3.79. The lowest BCUT2D eigenvalue weighted by Crippen LogP contribution is -2.46. The molecule has 1 N–H and O–H groups in total. The van der Waals surface area contributed by atoms with E-state index < -0.39 is 0 Å². The highest BCUT2D eigenvalue weighted by Crippen LogP contribution is 2.36. The Morgan fingerprint density at radius 1 is 1.20 bits per heavy atom. The van der Waals surface area contributed by atoms with E-state index in [1.165, 1.54) is 0 Å². The van der Waals surface area contributed by atoms with Crippen molar-refractivity contribution in [3.8, 4) is 0 Å². The zero-order chi connectivity index (χ0) is 14.1. The highest BCUT2D eigenvalue weighted by Gasteiger charge is 2.30. The van der Waals surface area contributed by atoms with Gasteiger partial charge in [-0.2, -0.15) is 0 Å². The molecule has 1 unspecified atom stereocenters. The van der Waals surface area contributed by atoms with Gasteiger partial charge >= 0.3 is 6.03 Å². The minimum atomic E-state index is -0.153. The molecule has 1 aliphatic heterocycles. The molecule has 1 atom stereocenters. The Morgan fingerprint density at radius 3 is 2.65 bits per heavy atom. The first kappa shape index (κ1) is 13.0. The van der Waals surface area contributed by atoms with Gasteiger partial charge in [0.15, 0.2) is 0 Å². The van der Waals surface area contributed by atoms with Gasteiger partial charge in [-0.05, 0) is 30.7 Å². The quantitative estimate of drug-likeness (QED) is 0.890. The molecule has 4 heteroatoms. The van der Waals surface area contributed by atoms with Crippen LogP contribution in [-0.2, 0) is 0 Å². The zero-order valence-electron chi connectivity index (χ0n) is 11.1. The van der Waals surface area contributed by atoms with E-state index in [-0.39, 0.29) is 12.1 Å². The number of halogens is 1. The van der Waals surface area contributed by atoms with E-state index >= 15 is 0 Å². The number of carbonyl (C=O) groups is 1. The van der Waals surface area contributed by atoms with Crippen LogP contribution in [0.15, 0.2) is 48.5 Å². The monoisotopic (exact) mass is 286 g/mol. The molecule has 1 aliphatic rings. The minimum absolute atomic E-state index is 0.0730. The van der Waals surface area contributed by atoms with Crippen LogP contribution in [0.4, 0.5) is 10.5 Å². The van der Waals surface area contributed by atoms with Crippen molar-refractivity contribution in [2.24, 2.45) is 0 Å². The van der Waals surface area contributed by atoms with Crippen molar-refractivity contribution < 1.29 is 4.79 Å². The highest BCUT2D eigenvalue weighted by atomic mass is 35.5. The molecule has 0 saturated heterocycles. The Hall–Kier alpha value is -2.00. The van der Waals surface area contributed by atoms with E-state index in [4.69, 9.17) is 11.6 Å². The SMILES string of the molecule is CCN1C(=O)NC(c2ccccc2)c2cc(Cl)ccc21. The second-order valence-electron chi connectivity index (χ2n) is 4.74. The fraction of sp³-hybridized carbons (Fsp3) is 0.188. The van der Waals surface area contributed by atoms with Crippen LogP contribution in [0.5, 0.6) is 0 Å². The molecule has 20 heavy (non-hydrogen) atoms. The van der Waals surface area contributed by atoms with Crippen LogP contribution in [0.25, 0.3) is 0 Å². The summed E-state index contributed by atoms with van der Waals surface area (Å²) in [5.74, 6) is 0.